The second-order valence-corrected chi connectivity index (χ2v) is 11.4. The summed E-state index contributed by atoms with van der Waals surface area (Å²) in [5, 5.41) is 33.8. The Morgan fingerprint density at radius 3 is 2.49 bits per heavy atom. The average molecular weight is 543 g/mol. The van der Waals surface area contributed by atoms with Crippen molar-refractivity contribution in [3.63, 3.8) is 0 Å². The van der Waals surface area contributed by atoms with Gasteiger partial charge in [0.05, 0.1) is 32.3 Å². The Labute approximate surface area is 230 Å². The van der Waals surface area contributed by atoms with Gasteiger partial charge in [-0.3, -0.25) is 9.59 Å². The first-order valence-electron chi connectivity index (χ1n) is 14.5. The van der Waals surface area contributed by atoms with E-state index in [0.717, 1.165) is 32.1 Å². The van der Waals surface area contributed by atoms with Gasteiger partial charge in [0, 0.05) is 30.1 Å². The van der Waals surface area contributed by atoms with Gasteiger partial charge in [-0.1, -0.05) is 38.5 Å². The molecule has 0 saturated heterocycles. The maximum Gasteiger partial charge on any atom is 0.247 e. The molecular weight excluding hydrogens is 500 g/mol. The molecule has 0 aromatic heterocycles. The predicted octanol–water partition coefficient (Wildman–Crippen LogP) is 2.55. The Kier molecular flexibility index (Phi) is 8.79. The standard InChI is InChI=1S/C30H42N2O7/c1-38-24-15-19(17-34)14-21-26-22(30(37)31-12-13-33)16-23(27(36)29(26)39-28(21)24)32(20-8-4-5-9-20)25(35)11-10-18-6-2-3-7-18/h14-16,18,20,23,26-27,29,33-34,36H,2-13,17H2,1H3,(H,31,37). The topological polar surface area (TPSA) is 129 Å². The SMILES string of the molecule is COc1cc(CO)cc2c1OC1C2C(C(=O)NCCO)=CC(N(C(=O)CCC2CCCC2)C2CCCC2)C1O. The Hall–Kier alpha value is -2.62. The molecule has 4 unspecified atom stereocenters. The monoisotopic (exact) mass is 542 g/mol. The van der Waals surface area contributed by atoms with E-state index in [1.54, 1.807) is 18.2 Å². The lowest BCUT2D eigenvalue weighted by atomic mass is 9.76. The number of benzene rings is 1. The molecule has 39 heavy (non-hydrogen) atoms. The van der Waals surface area contributed by atoms with Gasteiger partial charge in [0.2, 0.25) is 11.8 Å². The second-order valence-electron chi connectivity index (χ2n) is 11.4. The van der Waals surface area contributed by atoms with Crippen LogP contribution in [-0.2, 0) is 16.2 Å². The quantitative estimate of drug-likeness (QED) is 0.358. The molecule has 2 amide bonds. The molecule has 4 atom stereocenters. The Morgan fingerprint density at radius 1 is 1.10 bits per heavy atom. The van der Waals surface area contributed by atoms with Gasteiger partial charge in [0.1, 0.15) is 12.2 Å². The van der Waals surface area contributed by atoms with Crippen molar-refractivity contribution in [3.8, 4) is 11.5 Å². The minimum Gasteiger partial charge on any atom is -0.493 e. The number of aliphatic hydroxyl groups is 3. The number of methoxy groups -OCH3 is 1. The third-order valence-corrected chi connectivity index (χ3v) is 9.06. The highest BCUT2D eigenvalue weighted by Crippen LogP contribution is 2.52. The number of ether oxygens (including phenoxy) is 2. The van der Waals surface area contributed by atoms with Gasteiger partial charge >= 0.3 is 0 Å². The van der Waals surface area contributed by atoms with E-state index in [1.807, 2.05) is 4.90 Å². The van der Waals surface area contributed by atoms with Crippen LogP contribution in [0, 0.1) is 5.92 Å². The maximum atomic E-state index is 13.8. The van der Waals surface area contributed by atoms with Crippen LogP contribution in [0.1, 0.15) is 81.3 Å². The van der Waals surface area contributed by atoms with Crippen LogP contribution < -0.4 is 14.8 Å². The fraction of sp³-hybridized carbons (Fsp3) is 0.667. The molecule has 1 aliphatic heterocycles. The van der Waals surface area contributed by atoms with Crippen molar-refractivity contribution in [2.75, 3.05) is 20.3 Å². The van der Waals surface area contributed by atoms with E-state index in [0.29, 0.717) is 40.5 Å². The van der Waals surface area contributed by atoms with E-state index in [-0.39, 0.29) is 37.6 Å². The average Bonchev–Trinajstić information content (AvgIpc) is 3.73. The van der Waals surface area contributed by atoms with Crippen LogP contribution in [0.25, 0.3) is 0 Å². The lowest BCUT2D eigenvalue weighted by Crippen LogP contribution is -2.58. The predicted molar refractivity (Wildman–Crippen MR) is 144 cm³/mol. The molecule has 4 aliphatic rings. The van der Waals surface area contributed by atoms with E-state index >= 15 is 0 Å². The number of aliphatic hydroxyl groups excluding tert-OH is 3. The largest absolute Gasteiger partial charge is 0.493 e. The zero-order valence-electron chi connectivity index (χ0n) is 22.8. The van der Waals surface area contributed by atoms with Crippen LogP contribution in [0.3, 0.4) is 0 Å². The van der Waals surface area contributed by atoms with Crippen molar-refractivity contribution < 1.29 is 34.4 Å². The summed E-state index contributed by atoms with van der Waals surface area (Å²) in [7, 11) is 1.51. The first-order chi connectivity index (χ1) is 19.0. The smallest absolute Gasteiger partial charge is 0.247 e. The Morgan fingerprint density at radius 2 is 1.82 bits per heavy atom. The first-order valence-corrected chi connectivity index (χ1v) is 14.5. The lowest BCUT2D eigenvalue weighted by molar-refractivity contribution is -0.140. The van der Waals surface area contributed by atoms with Crippen LogP contribution in [0.4, 0.5) is 0 Å². The Bertz CT molecular complexity index is 1080. The third-order valence-electron chi connectivity index (χ3n) is 9.06. The highest BCUT2D eigenvalue weighted by molar-refractivity contribution is 5.96. The van der Waals surface area contributed by atoms with Gasteiger partial charge in [-0.25, -0.2) is 0 Å². The molecule has 9 nitrogen and oxygen atoms in total. The molecule has 0 spiro atoms. The maximum absolute atomic E-state index is 13.8. The molecule has 1 aromatic rings. The van der Waals surface area contributed by atoms with Gasteiger partial charge in [-0.05, 0) is 49.0 Å². The number of carbonyl (C=O) groups is 2. The van der Waals surface area contributed by atoms with Gasteiger partial charge < -0.3 is 35.0 Å². The summed E-state index contributed by atoms with van der Waals surface area (Å²) in [6, 6.07) is 2.77. The number of hydrogen-bond donors (Lipinski definition) is 4. The van der Waals surface area contributed by atoms with Crippen molar-refractivity contribution in [1.82, 2.24) is 10.2 Å². The van der Waals surface area contributed by atoms with Crippen LogP contribution in [0.2, 0.25) is 0 Å². The molecule has 2 saturated carbocycles. The molecule has 4 N–H and O–H groups in total. The zero-order chi connectivity index (χ0) is 27.5. The van der Waals surface area contributed by atoms with E-state index < -0.39 is 24.2 Å². The zero-order valence-corrected chi connectivity index (χ0v) is 22.8. The van der Waals surface area contributed by atoms with Crippen molar-refractivity contribution in [1.29, 1.82) is 0 Å². The molecule has 0 bridgehead atoms. The van der Waals surface area contributed by atoms with Gasteiger partial charge in [-0.2, -0.15) is 0 Å². The number of nitrogens with zero attached hydrogens (tertiary/aromatic N) is 1. The first kappa shape index (κ1) is 27.9. The molecule has 9 heteroatoms. The minimum absolute atomic E-state index is 0.00888. The minimum atomic E-state index is -1.06. The van der Waals surface area contributed by atoms with E-state index in [9.17, 15) is 24.9 Å². The second kappa shape index (κ2) is 12.3. The van der Waals surface area contributed by atoms with Crippen molar-refractivity contribution in [3.05, 3.63) is 34.9 Å². The normalized spacial score (nSPS) is 26.5. The van der Waals surface area contributed by atoms with Gasteiger partial charge in [0.25, 0.3) is 0 Å². The summed E-state index contributed by atoms with van der Waals surface area (Å²) in [4.78, 5) is 29.2. The summed E-state index contributed by atoms with van der Waals surface area (Å²) >= 11 is 0. The number of fused-ring (bicyclic) bond motifs is 3. The molecule has 0 radical (unpaired) electrons. The van der Waals surface area contributed by atoms with Crippen LogP contribution in [0.5, 0.6) is 11.5 Å². The highest BCUT2D eigenvalue weighted by Gasteiger charge is 2.52. The van der Waals surface area contributed by atoms with Gasteiger partial charge in [0.15, 0.2) is 11.5 Å². The summed E-state index contributed by atoms with van der Waals surface area (Å²) in [6.07, 6.45) is 9.79. The fourth-order valence-corrected chi connectivity index (χ4v) is 7.14. The number of carbonyl (C=O) groups excluding carboxylic acids is 2. The molecule has 5 rings (SSSR count). The van der Waals surface area contributed by atoms with E-state index in [1.165, 1.54) is 32.8 Å². The molecular formula is C30H42N2O7. The summed E-state index contributed by atoms with van der Waals surface area (Å²) in [6.45, 7) is -0.337. The number of amides is 2. The number of nitrogens with one attached hydrogen (secondary N) is 1. The highest BCUT2D eigenvalue weighted by atomic mass is 16.5. The van der Waals surface area contributed by atoms with Crippen LogP contribution in [-0.4, -0.2) is 76.6 Å². The van der Waals surface area contributed by atoms with Gasteiger partial charge in [-0.15, -0.1) is 0 Å². The number of rotatable bonds is 10. The molecule has 2 fully saturated rings. The molecule has 3 aliphatic carbocycles. The van der Waals surface area contributed by atoms with Crippen LogP contribution >= 0.6 is 0 Å². The van der Waals surface area contributed by atoms with Crippen molar-refractivity contribution in [2.24, 2.45) is 5.92 Å². The van der Waals surface area contributed by atoms with E-state index in [4.69, 9.17) is 9.47 Å². The van der Waals surface area contributed by atoms with Crippen LogP contribution in [0.15, 0.2) is 23.8 Å². The summed E-state index contributed by atoms with van der Waals surface area (Å²) in [5.74, 6) is 0.486. The summed E-state index contributed by atoms with van der Waals surface area (Å²) in [5.41, 5.74) is 1.66. The molecule has 1 heterocycles. The molecule has 214 valence electrons. The summed E-state index contributed by atoms with van der Waals surface area (Å²) < 4.78 is 11.9. The van der Waals surface area contributed by atoms with E-state index in [2.05, 4.69) is 5.32 Å². The fourth-order valence-electron chi connectivity index (χ4n) is 7.14. The Balaban J connectivity index is 1.52. The van der Waals surface area contributed by atoms with Crippen molar-refractivity contribution >= 4 is 11.8 Å². The lowest BCUT2D eigenvalue weighted by Gasteiger charge is -2.43. The molecule has 1 aromatic carbocycles. The number of hydrogen-bond acceptors (Lipinski definition) is 7. The van der Waals surface area contributed by atoms with Crippen molar-refractivity contribution in [2.45, 2.75) is 101 Å². The third kappa shape index (κ3) is 5.54.